The molecule has 0 saturated heterocycles. The number of fused-ring (bicyclic) bond motifs is 1. The van der Waals surface area contributed by atoms with Crippen molar-refractivity contribution >= 4 is 28.2 Å². The monoisotopic (exact) mass is 380 g/mol. The fraction of sp³-hybridized carbons (Fsp3) is 0.167. The second-order valence-corrected chi connectivity index (χ2v) is 7.01. The first kappa shape index (κ1) is 17.1. The van der Waals surface area contributed by atoms with E-state index in [1.54, 1.807) is 23.1 Å². The van der Waals surface area contributed by atoms with E-state index in [0.29, 0.717) is 22.4 Å². The van der Waals surface area contributed by atoms with Crippen molar-refractivity contribution in [1.29, 1.82) is 0 Å². The van der Waals surface area contributed by atoms with Crippen molar-refractivity contribution < 1.29 is 4.79 Å². The Balaban J connectivity index is 1.76. The van der Waals surface area contributed by atoms with Crippen LogP contribution in [0, 0.1) is 13.8 Å². The molecule has 0 unspecified atom stereocenters. The van der Waals surface area contributed by atoms with Gasteiger partial charge in [-0.2, -0.15) is 9.50 Å². The standard InChI is InChI=1S/C18H16N6O2S/c1-11-4-3-5-13(8-11)16-21-18-23(12(2)9-15(26)24(18)22-16)10-14(25)20-17-19-6-7-27-17/h3-9H,10H2,1-2H3,(H,19,20,25). The number of amides is 1. The lowest BCUT2D eigenvalue weighted by molar-refractivity contribution is -0.116. The number of anilines is 1. The van der Waals surface area contributed by atoms with Crippen molar-refractivity contribution in [2.45, 2.75) is 20.4 Å². The Kier molecular flexibility index (Phi) is 4.28. The minimum Gasteiger partial charge on any atom is -0.305 e. The molecule has 0 saturated carbocycles. The molecule has 27 heavy (non-hydrogen) atoms. The second kappa shape index (κ2) is 6.76. The fourth-order valence-electron chi connectivity index (χ4n) is 2.79. The van der Waals surface area contributed by atoms with Gasteiger partial charge >= 0.3 is 0 Å². The van der Waals surface area contributed by atoms with E-state index in [2.05, 4.69) is 20.4 Å². The van der Waals surface area contributed by atoms with Crippen LogP contribution in [0.5, 0.6) is 0 Å². The third-order valence-corrected chi connectivity index (χ3v) is 4.74. The summed E-state index contributed by atoms with van der Waals surface area (Å²) in [5, 5.41) is 9.38. The van der Waals surface area contributed by atoms with Gasteiger partial charge in [0.2, 0.25) is 11.7 Å². The molecule has 136 valence electrons. The Morgan fingerprint density at radius 1 is 1.26 bits per heavy atom. The number of benzene rings is 1. The largest absolute Gasteiger partial charge is 0.305 e. The molecule has 4 aromatic rings. The highest BCUT2D eigenvalue weighted by atomic mass is 32.1. The van der Waals surface area contributed by atoms with Crippen LogP contribution in [0.25, 0.3) is 17.2 Å². The minimum atomic E-state index is -0.287. The molecule has 0 spiro atoms. The van der Waals surface area contributed by atoms with E-state index < -0.39 is 0 Å². The zero-order valence-electron chi connectivity index (χ0n) is 14.7. The predicted molar refractivity (Wildman–Crippen MR) is 103 cm³/mol. The van der Waals surface area contributed by atoms with Crippen molar-refractivity contribution in [2.24, 2.45) is 0 Å². The summed E-state index contributed by atoms with van der Waals surface area (Å²) in [6, 6.07) is 9.17. The van der Waals surface area contributed by atoms with Gasteiger partial charge in [0.1, 0.15) is 6.54 Å². The minimum absolute atomic E-state index is 0.00114. The summed E-state index contributed by atoms with van der Waals surface area (Å²) in [6.45, 7) is 3.74. The number of rotatable bonds is 4. The molecule has 0 bridgehead atoms. The molecule has 0 aliphatic heterocycles. The van der Waals surface area contributed by atoms with Crippen LogP contribution in [-0.2, 0) is 11.3 Å². The molecule has 3 heterocycles. The topological polar surface area (TPSA) is 94.2 Å². The van der Waals surface area contributed by atoms with Crippen LogP contribution >= 0.6 is 11.3 Å². The number of carbonyl (C=O) groups is 1. The molecule has 0 aliphatic rings. The molecule has 4 rings (SSSR count). The maximum absolute atomic E-state index is 12.4. The first-order valence-corrected chi connectivity index (χ1v) is 9.13. The smallest absolute Gasteiger partial charge is 0.275 e. The van der Waals surface area contributed by atoms with Gasteiger partial charge in [-0.15, -0.1) is 16.4 Å². The Bertz CT molecular complexity index is 1190. The van der Waals surface area contributed by atoms with Crippen molar-refractivity contribution in [1.82, 2.24) is 24.1 Å². The molecule has 0 aliphatic carbocycles. The Morgan fingerprint density at radius 3 is 2.85 bits per heavy atom. The molecule has 0 radical (unpaired) electrons. The Hall–Kier alpha value is -3.33. The average Bonchev–Trinajstić information content (AvgIpc) is 3.28. The van der Waals surface area contributed by atoms with E-state index >= 15 is 0 Å². The lowest BCUT2D eigenvalue weighted by atomic mass is 10.1. The number of nitrogens with one attached hydrogen (secondary N) is 1. The molecule has 0 fully saturated rings. The van der Waals surface area contributed by atoms with Crippen LogP contribution in [0.2, 0.25) is 0 Å². The summed E-state index contributed by atoms with van der Waals surface area (Å²) in [7, 11) is 0. The van der Waals surface area contributed by atoms with Gasteiger partial charge in [-0.25, -0.2) is 4.98 Å². The fourth-order valence-corrected chi connectivity index (χ4v) is 3.34. The highest BCUT2D eigenvalue weighted by Crippen LogP contribution is 2.18. The zero-order chi connectivity index (χ0) is 19.0. The second-order valence-electron chi connectivity index (χ2n) is 6.11. The van der Waals surface area contributed by atoms with Crippen LogP contribution in [0.15, 0.2) is 46.7 Å². The lowest BCUT2D eigenvalue weighted by Crippen LogP contribution is -2.25. The van der Waals surface area contributed by atoms with E-state index in [9.17, 15) is 9.59 Å². The quantitative estimate of drug-likeness (QED) is 0.586. The molecule has 0 atom stereocenters. The molecular formula is C18H16N6O2S. The Morgan fingerprint density at radius 2 is 2.11 bits per heavy atom. The normalized spacial score (nSPS) is 11.0. The van der Waals surface area contributed by atoms with Gasteiger partial charge in [0.15, 0.2) is 11.0 Å². The van der Waals surface area contributed by atoms with Gasteiger partial charge < -0.3 is 9.88 Å². The van der Waals surface area contributed by atoms with Crippen LogP contribution < -0.4 is 10.9 Å². The van der Waals surface area contributed by atoms with Crippen LogP contribution in [-0.4, -0.2) is 30.1 Å². The van der Waals surface area contributed by atoms with E-state index in [4.69, 9.17) is 0 Å². The average molecular weight is 380 g/mol. The van der Waals surface area contributed by atoms with E-state index in [-0.39, 0.29) is 18.0 Å². The zero-order valence-corrected chi connectivity index (χ0v) is 15.5. The van der Waals surface area contributed by atoms with E-state index in [0.717, 1.165) is 11.1 Å². The van der Waals surface area contributed by atoms with Gasteiger partial charge in [-0.05, 0) is 19.9 Å². The van der Waals surface area contributed by atoms with Crippen LogP contribution in [0.3, 0.4) is 0 Å². The first-order chi connectivity index (χ1) is 13.0. The maximum atomic E-state index is 12.4. The van der Waals surface area contributed by atoms with Crippen LogP contribution in [0.1, 0.15) is 11.3 Å². The number of aryl methyl sites for hydroxylation is 2. The van der Waals surface area contributed by atoms with Gasteiger partial charge in [0.05, 0.1) is 0 Å². The number of aromatic nitrogens is 5. The number of carbonyl (C=O) groups excluding carboxylic acids is 1. The maximum Gasteiger partial charge on any atom is 0.275 e. The van der Waals surface area contributed by atoms with Crippen molar-refractivity contribution in [2.75, 3.05) is 5.32 Å². The number of hydrogen-bond donors (Lipinski definition) is 1. The van der Waals surface area contributed by atoms with Crippen molar-refractivity contribution in [3.05, 3.63) is 63.5 Å². The first-order valence-electron chi connectivity index (χ1n) is 8.25. The van der Waals surface area contributed by atoms with Gasteiger partial charge in [-0.1, -0.05) is 23.8 Å². The van der Waals surface area contributed by atoms with E-state index in [1.165, 1.54) is 21.9 Å². The number of nitrogens with zero attached hydrogens (tertiary/aromatic N) is 5. The third kappa shape index (κ3) is 3.36. The summed E-state index contributed by atoms with van der Waals surface area (Å²) < 4.78 is 2.89. The van der Waals surface area contributed by atoms with Gasteiger partial charge in [0.25, 0.3) is 5.56 Å². The molecule has 1 aromatic carbocycles. The van der Waals surface area contributed by atoms with Crippen molar-refractivity contribution in [3.8, 4) is 11.4 Å². The SMILES string of the molecule is Cc1cccc(-c2nc3n(CC(=O)Nc4nccs4)c(C)cc(=O)n3n2)c1. The molecule has 1 amide bonds. The highest BCUT2D eigenvalue weighted by molar-refractivity contribution is 7.13. The summed E-state index contributed by atoms with van der Waals surface area (Å²) in [5.41, 5.74) is 2.23. The number of thiazole rings is 1. The molecule has 1 N–H and O–H groups in total. The molecular weight excluding hydrogens is 364 g/mol. The highest BCUT2D eigenvalue weighted by Gasteiger charge is 2.16. The molecule has 8 nitrogen and oxygen atoms in total. The van der Waals surface area contributed by atoms with Gasteiger partial charge in [-0.3, -0.25) is 9.59 Å². The van der Waals surface area contributed by atoms with E-state index in [1.807, 2.05) is 31.2 Å². The molecule has 3 aromatic heterocycles. The van der Waals surface area contributed by atoms with Crippen LogP contribution in [0.4, 0.5) is 5.13 Å². The lowest BCUT2D eigenvalue weighted by Gasteiger charge is -2.10. The summed E-state index contributed by atoms with van der Waals surface area (Å²) >= 11 is 1.34. The van der Waals surface area contributed by atoms with Gasteiger partial charge in [0, 0.05) is 28.9 Å². The summed E-state index contributed by atoms with van der Waals surface area (Å²) in [5.74, 6) is 0.514. The van der Waals surface area contributed by atoms with Crippen molar-refractivity contribution in [3.63, 3.8) is 0 Å². The predicted octanol–water partition coefficient (Wildman–Crippen LogP) is 2.27. The number of hydrogen-bond acceptors (Lipinski definition) is 6. The third-order valence-electron chi connectivity index (χ3n) is 4.06. The Labute approximate surface area is 158 Å². The summed E-state index contributed by atoms with van der Waals surface area (Å²) in [4.78, 5) is 33.3. The molecule has 9 heteroatoms. The summed E-state index contributed by atoms with van der Waals surface area (Å²) in [6.07, 6.45) is 1.62.